The first kappa shape index (κ1) is 14.8. The molecule has 0 aliphatic carbocycles. The van der Waals surface area contributed by atoms with E-state index in [-0.39, 0.29) is 0 Å². The summed E-state index contributed by atoms with van der Waals surface area (Å²) in [6.45, 7) is 5.69. The molecule has 0 fully saturated rings. The van der Waals surface area contributed by atoms with Crippen molar-refractivity contribution in [2.75, 3.05) is 25.6 Å². The molecule has 0 amide bonds. The van der Waals surface area contributed by atoms with E-state index in [1.54, 1.807) is 27.9 Å². The molecule has 18 heavy (non-hydrogen) atoms. The molecule has 0 bridgehead atoms. The standard InChI is InChI=1S/C14H23NO3/c1-10(16)13-11(7-6-8-12(13)18-5)15(4)9-14(2,3)17/h6-8,10,16-17H,9H2,1-5H3/t10-/m0/s1. The number of likely N-dealkylation sites (N-methyl/N-ethyl adjacent to an activating group) is 1. The Balaban J connectivity index is 3.15. The fourth-order valence-corrected chi connectivity index (χ4v) is 2.13. The van der Waals surface area contributed by atoms with Crippen molar-refractivity contribution in [3.8, 4) is 5.75 Å². The summed E-state index contributed by atoms with van der Waals surface area (Å²) in [5.74, 6) is 0.657. The van der Waals surface area contributed by atoms with Gasteiger partial charge in [-0.1, -0.05) is 6.07 Å². The molecule has 1 atom stereocenters. The molecule has 1 aromatic rings. The molecule has 2 N–H and O–H groups in total. The zero-order valence-corrected chi connectivity index (χ0v) is 11.8. The zero-order valence-electron chi connectivity index (χ0n) is 11.8. The highest BCUT2D eigenvalue weighted by Crippen LogP contribution is 2.34. The molecule has 1 aromatic carbocycles. The van der Waals surface area contributed by atoms with Crippen LogP contribution in [0.5, 0.6) is 5.75 Å². The predicted molar refractivity (Wildman–Crippen MR) is 73.2 cm³/mol. The number of rotatable bonds is 5. The van der Waals surface area contributed by atoms with E-state index in [2.05, 4.69) is 0 Å². The monoisotopic (exact) mass is 253 g/mol. The van der Waals surface area contributed by atoms with E-state index in [1.165, 1.54) is 0 Å². The van der Waals surface area contributed by atoms with Gasteiger partial charge >= 0.3 is 0 Å². The molecular weight excluding hydrogens is 230 g/mol. The van der Waals surface area contributed by atoms with Gasteiger partial charge in [0, 0.05) is 24.8 Å². The van der Waals surface area contributed by atoms with Crippen LogP contribution in [0.15, 0.2) is 18.2 Å². The van der Waals surface area contributed by atoms with Gasteiger partial charge in [-0.3, -0.25) is 0 Å². The van der Waals surface area contributed by atoms with Gasteiger partial charge in [-0.25, -0.2) is 0 Å². The number of anilines is 1. The van der Waals surface area contributed by atoms with Crippen molar-refractivity contribution in [2.45, 2.75) is 32.5 Å². The summed E-state index contributed by atoms with van der Waals surface area (Å²) >= 11 is 0. The third-order valence-electron chi connectivity index (χ3n) is 2.72. The maximum Gasteiger partial charge on any atom is 0.126 e. The Labute approximate surface area is 109 Å². The molecule has 0 unspecified atom stereocenters. The molecule has 0 radical (unpaired) electrons. The van der Waals surface area contributed by atoms with Crippen LogP contribution in [0.4, 0.5) is 5.69 Å². The first-order valence-corrected chi connectivity index (χ1v) is 6.04. The maximum atomic E-state index is 9.89. The molecular formula is C14H23NO3. The molecule has 0 saturated heterocycles. The third-order valence-corrected chi connectivity index (χ3v) is 2.72. The average molecular weight is 253 g/mol. The number of hydrogen-bond donors (Lipinski definition) is 2. The Kier molecular flexibility index (Phi) is 4.59. The lowest BCUT2D eigenvalue weighted by Crippen LogP contribution is -2.36. The topological polar surface area (TPSA) is 52.9 Å². The van der Waals surface area contributed by atoms with E-state index in [0.29, 0.717) is 12.3 Å². The van der Waals surface area contributed by atoms with Gasteiger partial charge < -0.3 is 19.8 Å². The van der Waals surface area contributed by atoms with Crippen LogP contribution in [0.25, 0.3) is 0 Å². The zero-order chi connectivity index (χ0) is 13.9. The van der Waals surface area contributed by atoms with Gasteiger partial charge in [-0.05, 0) is 32.9 Å². The summed E-state index contributed by atoms with van der Waals surface area (Å²) < 4.78 is 5.28. The quantitative estimate of drug-likeness (QED) is 0.842. The van der Waals surface area contributed by atoms with Gasteiger partial charge in [-0.15, -0.1) is 0 Å². The van der Waals surface area contributed by atoms with Gasteiger partial charge in [0.1, 0.15) is 5.75 Å². The van der Waals surface area contributed by atoms with Crippen molar-refractivity contribution in [3.05, 3.63) is 23.8 Å². The van der Waals surface area contributed by atoms with E-state index in [9.17, 15) is 10.2 Å². The summed E-state index contributed by atoms with van der Waals surface area (Å²) in [4.78, 5) is 1.92. The largest absolute Gasteiger partial charge is 0.496 e. The lowest BCUT2D eigenvalue weighted by molar-refractivity contribution is 0.0884. The molecule has 0 aromatic heterocycles. The lowest BCUT2D eigenvalue weighted by atomic mass is 10.0. The normalized spacial score (nSPS) is 13.3. The first-order valence-electron chi connectivity index (χ1n) is 6.04. The van der Waals surface area contributed by atoms with Gasteiger partial charge in [0.15, 0.2) is 0 Å². The highest BCUT2D eigenvalue weighted by molar-refractivity contribution is 5.60. The van der Waals surface area contributed by atoms with Crippen molar-refractivity contribution >= 4 is 5.69 Å². The van der Waals surface area contributed by atoms with Crippen molar-refractivity contribution in [1.29, 1.82) is 0 Å². The van der Waals surface area contributed by atoms with Crippen molar-refractivity contribution in [3.63, 3.8) is 0 Å². The van der Waals surface area contributed by atoms with Crippen LogP contribution < -0.4 is 9.64 Å². The van der Waals surface area contributed by atoms with Gasteiger partial charge in [0.2, 0.25) is 0 Å². The smallest absolute Gasteiger partial charge is 0.126 e. The second-order valence-corrected chi connectivity index (χ2v) is 5.24. The molecule has 0 spiro atoms. The fraction of sp³-hybridized carbons (Fsp3) is 0.571. The minimum atomic E-state index is -0.798. The second-order valence-electron chi connectivity index (χ2n) is 5.24. The fourth-order valence-electron chi connectivity index (χ4n) is 2.13. The van der Waals surface area contributed by atoms with E-state index in [0.717, 1.165) is 11.3 Å². The van der Waals surface area contributed by atoms with Gasteiger partial charge in [0.05, 0.1) is 18.8 Å². The van der Waals surface area contributed by atoms with E-state index in [1.807, 2.05) is 30.1 Å². The number of hydrogen-bond acceptors (Lipinski definition) is 4. The van der Waals surface area contributed by atoms with Crippen LogP contribution in [0.3, 0.4) is 0 Å². The highest BCUT2D eigenvalue weighted by Gasteiger charge is 2.21. The minimum Gasteiger partial charge on any atom is -0.496 e. The van der Waals surface area contributed by atoms with E-state index < -0.39 is 11.7 Å². The van der Waals surface area contributed by atoms with Crippen molar-refractivity contribution < 1.29 is 14.9 Å². The van der Waals surface area contributed by atoms with Crippen LogP contribution in [-0.2, 0) is 0 Å². The molecule has 0 heterocycles. The average Bonchev–Trinajstić information content (AvgIpc) is 2.25. The van der Waals surface area contributed by atoms with Crippen LogP contribution in [0.2, 0.25) is 0 Å². The first-order chi connectivity index (χ1) is 8.26. The van der Waals surface area contributed by atoms with E-state index in [4.69, 9.17) is 4.74 Å². The highest BCUT2D eigenvalue weighted by atomic mass is 16.5. The third kappa shape index (κ3) is 3.62. The number of aliphatic hydroxyl groups excluding tert-OH is 1. The predicted octanol–water partition coefficient (Wildman–Crippen LogP) is 1.96. The van der Waals surface area contributed by atoms with Crippen LogP contribution in [-0.4, -0.2) is 36.5 Å². The molecule has 4 nitrogen and oxygen atoms in total. The molecule has 4 heteroatoms. The minimum absolute atomic E-state index is 0.472. The summed E-state index contributed by atoms with van der Waals surface area (Å²) in [5, 5.41) is 19.8. The Hall–Kier alpha value is -1.26. The summed E-state index contributed by atoms with van der Waals surface area (Å²) in [7, 11) is 3.47. The summed E-state index contributed by atoms with van der Waals surface area (Å²) in [5.41, 5.74) is 0.812. The molecule has 0 saturated carbocycles. The SMILES string of the molecule is COc1cccc(N(C)CC(C)(C)O)c1[C@H](C)O. The maximum absolute atomic E-state index is 9.89. The Morgan fingerprint density at radius 3 is 2.44 bits per heavy atom. The van der Waals surface area contributed by atoms with Crippen LogP contribution >= 0.6 is 0 Å². The second kappa shape index (κ2) is 5.59. The number of nitrogens with zero attached hydrogens (tertiary/aromatic N) is 1. The molecule has 0 aliphatic heterocycles. The molecule has 102 valence electrons. The van der Waals surface area contributed by atoms with Crippen molar-refractivity contribution in [2.24, 2.45) is 0 Å². The lowest BCUT2D eigenvalue weighted by Gasteiger charge is -2.30. The number of benzene rings is 1. The number of methoxy groups -OCH3 is 1. The number of ether oxygens (including phenoxy) is 1. The Morgan fingerprint density at radius 2 is 2.00 bits per heavy atom. The van der Waals surface area contributed by atoms with Crippen LogP contribution in [0.1, 0.15) is 32.4 Å². The van der Waals surface area contributed by atoms with Crippen molar-refractivity contribution in [1.82, 2.24) is 0 Å². The Bertz CT molecular complexity index is 397. The van der Waals surface area contributed by atoms with Crippen LogP contribution in [0, 0.1) is 0 Å². The number of aliphatic hydroxyl groups is 2. The molecule has 1 rings (SSSR count). The summed E-state index contributed by atoms with van der Waals surface area (Å²) in [6.07, 6.45) is -0.625. The summed E-state index contributed by atoms with van der Waals surface area (Å²) in [6, 6.07) is 5.61. The van der Waals surface area contributed by atoms with Gasteiger partial charge in [0.25, 0.3) is 0 Å². The van der Waals surface area contributed by atoms with E-state index >= 15 is 0 Å². The van der Waals surface area contributed by atoms with Gasteiger partial charge in [-0.2, -0.15) is 0 Å². The Morgan fingerprint density at radius 1 is 1.39 bits per heavy atom. The molecule has 0 aliphatic rings.